The van der Waals surface area contributed by atoms with Crippen LogP contribution in [-0.4, -0.2) is 58.7 Å². The second-order valence-electron chi connectivity index (χ2n) is 5.67. The molecule has 2 rings (SSSR count). The number of esters is 1. The van der Waals surface area contributed by atoms with E-state index in [1.807, 2.05) is 13.8 Å². The molecule has 0 bridgehead atoms. The maximum atomic E-state index is 11.9. The minimum atomic E-state index is -3.30. The van der Waals surface area contributed by atoms with Crippen LogP contribution in [-0.2, 0) is 14.6 Å². The Hall–Kier alpha value is -1.48. The predicted molar refractivity (Wildman–Crippen MR) is 73.6 cm³/mol. The van der Waals surface area contributed by atoms with E-state index in [1.165, 1.54) is 4.68 Å². The molecule has 8 nitrogen and oxygen atoms in total. The Balaban J connectivity index is 2.19. The van der Waals surface area contributed by atoms with E-state index in [0.29, 0.717) is 5.69 Å². The molecule has 0 amide bonds. The zero-order valence-corrected chi connectivity index (χ0v) is 13.0. The van der Waals surface area contributed by atoms with Crippen molar-refractivity contribution in [3.8, 4) is 0 Å². The lowest BCUT2D eigenvalue weighted by Gasteiger charge is -2.14. The molecule has 0 aromatic carbocycles. The monoisotopic (exact) mass is 317 g/mol. The summed E-state index contributed by atoms with van der Waals surface area (Å²) in [6.07, 6.45) is -1.05. The number of ether oxygens (including phenoxy) is 1. The number of carbonyl (C=O) groups is 1. The Morgan fingerprint density at radius 3 is 2.67 bits per heavy atom. The maximum Gasteiger partial charge on any atom is 0.360 e. The standard InChI is InChI=1S/C12H19N3O5S/c1-7(2)4-20-12(17)11-8(3)15(14-13-11)9-5-21(18,19)6-10(9)16/h7,9-10,16H,4-6H2,1-3H3. The fraction of sp³-hybridized carbons (Fsp3) is 0.750. The summed E-state index contributed by atoms with van der Waals surface area (Å²) in [5.74, 6) is -0.906. The zero-order valence-electron chi connectivity index (χ0n) is 12.2. The van der Waals surface area contributed by atoms with E-state index in [1.54, 1.807) is 6.92 Å². The molecule has 1 N–H and O–H groups in total. The first-order valence-corrected chi connectivity index (χ1v) is 8.51. The number of rotatable bonds is 4. The van der Waals surface area contributed by atoms with Gasteiger partial charge in [-0.25, -0.2) is 17.9 Å². The Morgan fingerprint density at radius 1 is 1.48 bits per heavy atom. The van der Waals surface area contributed by atoms with Gasteiger partial charge >= 0.3 is 5.97 Å². The molecule has 1 aromatic heterocycles. The van der Waals surface area contributed by atoms with E-state index in [2.05, 4.69) is 10.3 Å². The summed E-state index contributed by atoms with van der Waals surface area (Å²) in [5, 5.41) is 17.4. The second-order valence-corrected chi connectivity index (χ2v) is 7.83. The van der Waals surface area contributed by atoms with Gasteiger partial charge in [0.25, 0.3) is 0 Å². The van der Waals surface area contributed by atoms with Gasteiger partial charge in [-0.2, -0.15) is 0 Å². The van der Waals surface area contributed by atoms with Crippen LogP contribution in [0.3, 0.4) is 0 Å². The molecule has 118 valence electrons. The first kappa shape index (κ1) is 15.9. The van der Waals surface area contributed by atoms with Gasteiger partial charge in [0.15, 0.2) is 15.5 Å². The van der Waals surface area contributed by atoms with Crippen molar-refractivity contribution in [1.82, 2.24) is 15.0 Å². The number of aliphatic hydroxyl groups excluding tert-OH is 1. The van der Waals surface area contributed by atoms with E-state index in [0.717, 1.165) is 0 Å². The Morgan fingerprint density at radius 2 is 2.14 bits per heavy atom. The summed E-state index contributed by atoms with van der Waals surface area (Å²) < 4.78 is 29.5. The van der Waals surface area contributed by atoms with E-state index in [9.17, 15) is 18.3 Å². The maximum absolute atomic E-state index is 11.9. The number of aliphatic hydroxyl groups is 1. The summed E-state index contributed by atoms with van der Waals surface area (Å²) >= 11 is 0. The van der Waals surface area contributed by atoms with Gasteiger partial charge in [-0.05, 0) is 12.8 Å². The van der Waals surface area contributed by atoms with Crippen molar-refractivity contribution in [2.24, 2.45) is 5.92 Å². The molecule has 9 heteroatoms. The number of carbonyl (C=O) groups excluding carboxylic acids is 1. The SMILES string of the molecule is Cc1c(C(=O)OCC(C)C)nnn1C1CS(=O)(=O)CC1O. The van der Waals surface area contributed by atoms with Crippen LogP contribution >= 0.6 is 0 Å². The van der Waals surface area contributed by atoms with Crippen molar-refractivity contribution in [3.05, 3.63) is 11.4 Å². The van der Waals surface area contributed by atoms with Crippen LogP contribution in [0.4, 0.5) is 0 Å². The Kier molecular flexibility index (Phi) is 4.33. The van der Waals surface area contributed by atoms with Crippen LogP contribution in [0.2, 0.25) is 0 Å². The highest BCUT2D eigenvalue weighted by molar-refractivity contribution is 7.91. The smallest absolute Gasteiger partial charge is 0.360 e. The first-order chi connectivity index (χ1) is 9.71. The molecule has 1 aliphatic heterocycles. The highest BCUT2D eigenvalue weighted by Crippen LogP contribution is 2.25. The molecule has 2 unspecified atom stereocenters. The van der Waals surface area contributed by atoms with E-state index >= 15 is 0 Å². The lowest BCUT2D eigenvalue weighted by atomic mass is 10.2. The van der Waals surface area contributed by atoms with Gasteiger partial charge in [-0.3, -0.25) is 0 Å². The third-order valence-electron chi connectivity index (χ3n) is 3.28. The largest absolute Gasteiger partial charge is 0.461 e. The first-order valence-electron chi connectivity index (χ1n) is 6.68. The predicted octanol–water partition coefficient (Wildman–Crippen LogP) is -0.270. The van der Waals surface area contributed by atoms with Crippen LogP contribution in [0.25, 0.3) is 0 Å². The van der Waals surface area contributed by atoms with Crippen molar-refractivity contribution in [3.63, 3.8) is 0 Å². The molecule has 0 radical (unpaired) electrons. The Bertz CT molecular complexity index is 637. The van der Waals surface area contributed by atoms with Gasteiger partial charge < -0.3 is 9.84 Å². The number of sulfone groups is 1. The summed E-state index contributed by atoms with van der Waals surface area (Å²) in [4.78, 5) is 11.9. The quantitative estimate of drug-likeness (QED) is 0.761. The van der Waals surface area contributed by atoms with E-state index in [4.69, 9.17) is 4.74 Å². The van der Waals surface area contributed by atoms with Crippen molar-refractivity contribution < 1.29 is 23.1 Å². The highest BCUT2D eigenvalue weighted by atomic mass is 32.2. The van der Waals surface area contributed by atoms with Crippen LogP contribution in [0.15, 0.2) is 0 Å². The lowest BCUT2D eigenvalue weighted by Crippen LogP contribution is -2.24. The number of aromatic nitrogens is 3. The second kappa shape index (κ2) is 5.72. The number of nitrogens with zero attached hydrogens (tertiary/aromatic N) is 3. The zero-order chi connectivity index (χ0) is 15.8. The third kappa shape index (κ3) is 3.41. The average molecular weight is 317 g/mol. The van der Waals surface area contributed by atoms with Gasteiger partial charge in [0.1, 0.15) is 0 Å². The molecule has 1 saturated heterocycles. The molecule has 1 fully saturated rings. The minimum absolute atomic E-state index is 0.0483. The van der Waals surface area contributed by atoms with Gasteiger partial charge in [0.2, 0.25) is 0 Å². The lowest BCUT2D eigenvalue weighted by molar-refractivity contribution is 0.0450. The number of hydrogen-bond donors (Lipinski definition) is 1. The van der Waals surface area contributed by atoms with E-state index < -0.39 is 28.0 Å². The van der Waals surface area contributed by atoms with Crippen LogP contribution in [0.5, 0.6) is 0 Å². The van der Waals surface area contributed by atoms with Crippen molar-refractivity contribution in [2.75, 3.05) is 18.1 Å². The topological polar surface area (TPSA) is 111 Å². The summed E-state index contributed by atoms with van der Waals surface area (Å²) in [7, 11) is -3.30. The molecule has 1 aliphatic rings. The van der Waals surface area contributed by atoms with E-state index in [-0.39, 0.29) is 29.7 Å². The van der Waals surface area contributed by atoms with Crippen LogP contribution in [0, 0.1) is 12.8 Å². The minimum Gasteiger partial charge on any atom is -0.461 e. The fourth-order valence-corrected chi connectivity index (χ4v) is 3.96. The molecule has 0 aliphatic carbocycles. The van der Waals surface area contributed by atoms with Gasteiger partial charge in [-0.15, -0.1) is 5.10 Å². The third-order valence-corrected chi connectivity index (χ3v) is 4.98. The molecule has 0 saturated carbocycles. The molecule has 2 atom stereocenters. The summed E-state index contributed by atoms with van der Waals surface area (Å²) in [5.41, 5.74) is 0.442. The highest BCUT2D eigenvalue weighted by Gasteiger charge is 2.39. The van der Waals surface area contributed by atoms with Crippen LogP contribution < -0.4 is 0 Å². The normalized spacial score (nSPS) is 24.4. The van der Waals surface area contributed by atoms with Gasteiger partial charge in [0.05, 0.1) is 36.0 Å². The van der Waals surface area contributed by atoms with Crippen molar-refractivity contribution >= 4 is 15.8 Å². The molecular weight excluding hydrogens is 298 g/mol. The molecule has 2 heterocycles. The average Bonchev–Trinajstić information content (AvgIpc) is 2.86. The summed E-state index contributed by atoms with van der Waals surface area (Å²) in [6, 6.07) is -0.714. The fourth-order valence-electron chi connectivity index (χ4n) is 2.20. The van der Waals surface area contributed by atoms with Gasteiger partial charge in [0, 0.05) is 0 Å². The Labute approximate surface area is 123 Å². The molecule has 1 aromatic rings. The summed E-state index contributed by atoms with van der Waals surface area (Å²) in [6.45, 7) is 5.70. The van der Waals surface area contributed by atoms with Crippen molar-refractivity contribution in [1.29, 1.82) is 0 Å². The van der Waals surface area contributed by atoms with Crippen molar-refractivity contribution in [2.45, 2.75) is 32.9 Å². The molecule has 0 spiro atoms. The number of hydrogen-bond acceptors (Lipinski definition) is 7. The van der Waals surface area contributed by atoms with Gasteiger partial charge in [-0.1, -0.05) is 19.1 Å². The molecular formula is C12H19N3O5S. The molecule has 21 heavy (non-hydrogen) atoms. The van der Waals surface area contributed by atoms with Crippen LogP contribution in [0.1, 0.15) is 36.1 Å².